The lowest BCUT2D eigenvalue weighted by Gasteiger charge is -2.33. The zero-order valence-electron chi connectivity index (χ0n) is 11.3. The minimum atomic E-state index is 0.170. The molecular formula is C15H20N4. The summed E-state index contributed by atoms with van der Waals surface area (Å²) in [4.78, 5) is 5.59. The molecule has 0 amide bonds. The van der Waals surface area contributed by atoms with Crippen molar-refractivity contribution >= 4 is 0 Å². The number of azide groups is 1. The van der Waals surface area contributed by atoms with Crippen LogP contribution in [-0.4, -0.2) is 23.5 Å². The molecular weight excluding hydrogens is 236 g/mol. The van der Waals surface area contributed by atoms with Crippen LogP contribution in [0.3, 0.4) is 0 Å². The summed E-state index contributed by atoms with van der Waals surface area (Å²) in [5.41, 5.74) is 10.1. The zero-order valence-corrected chi connectivity index (χ0v) is 11.3. The van der Waals surface area contributed by atoms with Crippen LogP contribution in [0, 0.1) is 5.92 Å². The first-order valence-electron chi connectivity index (χ1n) is 7.16. The second-order valence-electron chi connectivity index (χ2n) is 5.71. The summed E-state index contributed by atoms with van der Waals surface area (Å²) in [6.45, 7) is 3.39. The molecule has 4 heteroatoms. The van der Waals surface area contributed by atoms with E-state index in [1.807, 2.05) is 0 Å². The van der Waals surface area contributed by atoms with Crippen LogP contribution >= 0.6 is 0 Å². The average molecular weight is 256 g/mol. The van der Waals surface area contributed by atoms with Crippen LogP contribution in [0.15, 0.2) is 35.4 Å². The zero-order chi connectivity index (χ0) is 13.2. The number of rotatable bonds is 3. The Bertz CT molecular complexity index is 480. The molecule has 1 heterocycles. The van der Waals surface area contributed by atoms with Gasteiger partial charge in [0.1, 0.15) is 0 Å². The molecule has 2 aliphatic rings. The molecule has 3 rings (SSSR count). The number of likely N-dealkylation sites (tertiary alicyclic amines) is 1. The van der Waals surface area contributed by atoms with Crippen LogP contribution in [0.25, 0.3) is 10.4 Å². The molecule has 1 aliphatic heterocycles. The molecule has 0 radical (unpaired) electrons. The fourth-order valence-electron chi connectivity index (χ4n) is 3.88. The Balaban J connectivity index is 1.83. The Kier molecular flexibility index (Phi) is 3.45. The third-order valence-corrected chi connectivity index (χ3v) is 4.83. The summed E-state index contributed by atoms with van der Waals surface area (Å²) in [7, 11) is 0. The molecule has 4 nitrogen and oxygen atoms in total. The average Bonchev–Trinajstić information content (AvgIpc) is 3.02. The predicted molar refractivity (Wildman–Crippen MR) is 75.6 cm³/mol. The van der Waals surface area contributed by atoms with Gasteiger partial charge in [0.15, 0.2) is 0 Å². The first kappa shape index (κ1) is 12.5. The van der Waals surface area contributed by atoms with Crippen molar-refractivity contribution in [3.8, 4) is 0 Å². The molecule has 1 saturated heterocycles. The van der Waals surface area contributed by atoms with E-state index in [1.165, 1.54) is 18.4 Å². The first-order valence-corrected chi connectivity index (χ1v) is 7.16. The van der Waals surface area contributed by atoms with E-state index in [9.17, 15) is 0 Å². The third-order valence-electron chi connectivity index (χ3n) is 4.83. The third kappa shape index (κ3) is 2.22. The smallest absolute Gasteiger partial charge is 0.0532 e. The molecule has 0 N–H and O–H groups in total. The van der Waals surface area contributed by atoms with Gasteiger partial charge in [0.25, 0.3) is 0 Å². The van der Waals surface area contributed by atoms with Gasteiger partial charge in [-0.3, -0.25) is 4.90 Å². The van der Waals surface area contributed by atoms with Gasteiger partial charge in [0, 0.05) is 17.0 Å². The Hall–Kier alpha value is -1.51. The van der Waals surface area contributed by atoms with E-state index in [0.717, 1.165) is 18.9 Å². The van der Waals surface area contributed by atoms with E-state index in [-0.39, 0.29) is 6.04 Å². The fourth-order valence-corrected chi connectivity index (χ4v) is 3.88. The number of fused-ring (bicyclic) bond motifs is 1. The largest absolute Gasteiger partial charge is 0.293 e. The van der Waals surface area contributed by atoms with Crippen LogP contribution in [0.2, 0.25) is 0 Å². The second-order valence-corrected chi connectivity index (χ2v) is 5.71. The number of benzene rings is 1. The molecule has 0 bridgehead atoms. The summed E-state index contributed by atoms with van der Waals surface area (Å²) in [5.74, 6) is 0.724. The van der Waals surface area contributed by atoms with Gasteiger partial charge in [-0.25, -0.2) is 0 Å². The minimum absolute atomic E-state index is 0.170. The van der Waals surface area contributed by atoms with E-state index < -0.39 is 0 Å². The highest BCUT2D eigenvalue weighted by atomic mass is 15.3. The van der Waals surface area contributed by atoms with Gasteiger partial charge >= 0.3 is 0 Å². The van der Waals surface area contributed by atoms with E-state index in [0.29, 0.717) is 12.1 Å². The Morgan fingerprint density at radius 1 is 1.26 bits per heavy atom. The summed E-state index contributed by atoms with van der Waals surface area (Å²) in [6, 6.07) is 11.7. The van der Waals surface area contributed by atoms with E-state index in [1.54, 1.807) is 0 Å². The molecule has 0 spiro atoms. The molecule has 2 fully saturated rings. The normalized spacial score (nSPS) is 31.7. The minimum Gasteiger partial charge on any atom is -0.293 e. The SMILES string of the molecule is C[C@H](c1ccccc1)N1CC[C@H]2CC[C@H](N=[N+]=[N-])[C@H]21. The van der Waals surface area contributed by atoms with Gasteiger partial charge in [-0.2, -0.15) is 0 Å². The lowest BCUT2D eigenvalue weighted by molar-refractivity contribution is 0.170. The Morgan fingerprint density at radius 3 is 2.79 bits per heavy atom. The maximum Gasteiger partial charge on any atom is 0.0532 e. The van der Waals surface area contributed by atoms with Crippen molar-refractivity contribution in [2.24, 2.45) is 11.0 Å². The molecule has 1 aromatic carbocycles. The molecule has 1 saturated carbocycles. The summed E-state index contributed by atoms with van der Waals surface area (Å²) in [5, 5.41) is 4.03. The van der Waals surface area contributed by atoms with Crippen molar-refractivity contribution in [2.45, 2.75) is 44.3 Å². The van der Waals surface area contributed by atoms with Crippen LogP contribution < -0.4 is 0 Å². The highest BCUT2D eigenvalue weighted by molar-refractivity contribution is 5.19. The lowest BCUT2D eigenvalue weighted by Crippen LogP contribution is -2.39. The Labute approximate surface area is 114 Å². The van der Waals surface area contributed by atoms with Crippen LogP contribution in [0.5, 0.6) is 0 Å². The molecule has 0 unspecified atom stereocenters. The maximum atomic E-state index is 8.73. The molecule has 19 heavy (non-hydrogen) atoms. The van der Waals surface area contributed by atoms with Gasteiger partial charge < -0.3 is 0 Å². The van der Waals surface area contributed by atoms with Gasteiger partial charge in [0.2, 0.25) is 0 Å². The maximum absolute atomic E-state index is 8.73. The van der Waals surface area contributed by atoms with Crippen molar-refractivity contribution in [3.05, 3.63) is 46.3 Å². The standard InChI is InChI=1S/C15H20N4/c1-11(12-5-3-2-4-6-12)19-10-9-13-7-8-14(15(13)19)17-18-16/h2-6,11,13-15H,7-10H2,1H3/t11-,13-,14+,15+/m1/s1. The van der Waals surface area contributed by atoms with Crippen molar-refractivity contribution < 1.29 is 0 Å². The van der Waals surface area contributed by atoms with E-state index in [2.05, 4.69) is 52.2 Å². The molecule has 0 aromatic heterocycles. The van der Waals surface area contributed by atoms with E-state index >= 15 is 0 Å². The van der Waals surface area contributed by atoms with Gasteiger partial charge in [-0.15, -0.1) is 0 Å². The van der Waals surface area contributed by atoms with Gasteiger partial charge in [0.05, 0.1) is 6.04 Å². The van der Waals surface area contributed by atoms with Gasteiger partial charge in [-0.05, 0) is 49.7 Å². The number of hydrogen-bond acceptors (Lipinski definition) is 2. The van der Waals surface area contributed by atoms with Gasteiger partial charge in [-0.1, -0.05) is 35.4 Å². The van der Waals surface area contributed by atoms with Crippen molar-refractivity contribution in [1.82, 2.24) is 4.90 Å². The summed E-state index contributed by atoms with van der Waals surface area (Å²) in [6.07, 6.45) is 3.52. The molecule has 1 aliphatic carbocycles. The topological polar surface area (TPSA) is 52.0 Å². The highest BCUT2D eigenvalue weighted by Crippen LogP contribution is 2.43. The molecule has 100 valence electrons. The second kappa shape index (κ2) is 5.24. The molecule has 1 aromatic rings. The fraction of sp³-hybridized carbons (Fsp3) is 0.600. The van der Waals surface area contributed by atoms with Crippen LogP contribution in [0.4, 0.5) is 0 Å². The van der Waals surface area contributed by atoms with Crippen LogP contribution in [0.1, 0.15) is 37.8 Å². The highest BCUT2D eigenvalue weighted by Gasteiger charge is 2.45. The predicted octanol–water partition coefficient (Wildman–Crippen LogP) is 3.91. The monoisotopic (exact) mass is 256 g/mol. The first-order chi connectivity index (χ1) is 9.31. The number of hydrogen-bond donors (Lipinski definition) is 0. The number of nitrogens with zero attached hydrogens (tertiary/aromatic N) is 4. The quantitative estimate of drug-likeness (QED) is 0.459. The Morgan fingerprint density at radius 2 is 2.05 bits per heavy atom. The van der Waals surface area contributed by atoms with Crippen molar-refractivity contribution in [2.75, 3.05) is 6.54 Å². The van der Waals surface area contributed by atoms with E-state index in [4.69, 9.17) is 5.53 Å². The van der Waals surface area contributed by atoms with Crippen LogP contribution in [-0.2, 0) is 0 Å². The summed E-state index contributed by atoms with van der Waals surface area (Å²) >= 11 is 0. The summed E-state index contributed by atoms with van der Waals surface area (Å²) < 4.78 is 0. The molecule has 4 atom stereocenters. The van der Waals surface area contributed by atoms with Crippen molar-refractivity contribution in [1.29, 1.82) is 0 Å². The van der Waals surface area contributed by atoms with Crippen molar-refractivity contribution in [3.63, 3.8) is 0 Å². The lowest BCUT2D eigenvalue weighted by atomic mass is 10.0.